The average Bonchev–Trinajstić information content (AvgIpc) is 3.77. The molecule has 0 atom stereocenters. The Labute approximate surface area is 312 Å². The highest BCUT2D eigenvalue weighted by Gasteiger charge is 2.17. The number of para-hydroxylation sites is 1. The van der Waals surface area contributed by atoms with E-state index in [-0.39, 0.29) is 23.3 Å². The van der Waals surface area contributed by atoms with E-state index >= 15 is 0 Å². The first-order valence-electron chi connectivity index (χ1n) is 16.0. The molecular weight excluding hydrogens is 721 g/mol. The van der Waals surface area contributed by atoms with Crippen LogP contribution in [0.3, 0.4) is 0 Å². The van der Waals surface area contributed by atoms with E-state index in [4.69, 9.17) is 12.2 Å². The molecule has 0 bridgehead atoms. The Kier molecular flexibility index (Phi) is 12.3. The van der Waals surface area contributed by atoms with E-state index < -0.39 is 0 Å². The summed E-state index contributed by atoms with van der Waals surface area (Å²) in [6.45, 7) is 5.36. The highest BCUT2D eigenvalue weighted by atomic mass is 32.2. The molecule has 3 N–H and O–H groups in total. The fourth-order valence-corrected chi connectivity index (χ4v) is 7.67. The van der Waals surface area contributed by atoms with Gasteiger partial charge in [0.2, 0.25) is 11.8 Å². The maximum atomic E-state index is 12.8. The third-order valence-electron chi connectivity index (χ3n) is 7.44. The first kappa shape index (κ1) is 36.0. The fourth-order valence-electron chi connectivity index (χ4n) is 5.02. The summed E-state index contributed by atoms with van der Waals surface area (Å²) in [6, 6.07) is 24.8. The molecule has 0 fully saturated rings. The molecule has 0 aliphatic rings. The summed E-state index contributed by atoms with van der Waals surface area (Å²) in [5.74, 6) is 2.32. The van der Waals surface area contributed by atoms with Gasteiger partial charge in [0, 0.05) is 53.7 Å². The van der Waals surface area contributed by atoms with Gasteiger partial charge in [-0.2, -0.15) is 0 Å². The largest absolute Gasteiger partial charge is 0.353 e. The molecule has 4 heterocycles. The molecule has 51 heavy (non-hydrogen) atoms. The van der Waals surface area contributed by atoms with Crippen molar-refractivity contribution in [3.63, 3.8) is 0 Å². The topological polar surface area (TPSA) is 148 Å². The van der Waals surface area contributed by atoms with E-state index in [1.165, 1.54) is 23.5 Å². The quantitative estimate of drug-likeness (QED) is 0.0709. The Hall–Kier alpha value is -4.77. The van der Waals surface area contributed by atoms with E-state index in [0.717, 1.165) is 38.9 Å². The second-order valence-corrected chi connectivity index (χ2v) is 14.3. The molecule has 6 aromatic rings. The predicted octanol–water partition coefficient (Wildman–Crippen LogP) is 7.45. The van der Waals surface area contributed by atoms with Crippen LogP contribution < -0.4 is 10.6 Å². The molecule has 12 nitrogen and oxygen atoms in total. The van der Waals surface area contributed by atoms with Gasteiger partial charge in [-0.3, -0.25) is 9.59 Å². The standard InChI is InChI=1S/C35H34N10O2S4/c1-3-44-32(24-14-16-36-30(48)18-24)40-42-34(44)51-22-29(47)39-27-12-10-23(11-13-27)20-49-31-19-25(15-17-37-31)33-41-43-35(45(33)4-2)50-21-28(46)38-26-8-6-5-7-9-26/h5-19H,3-4,20-22H2,1-2H3,(H,36,48)(H,38,46)(H,39,47). The van der Waals surface area contributed by atoms with Gasteiger partial charge in [0.05, 0.1) is 16.5 Å². The number of anilines is 2. The van der Waals surface area contributed by atoms with Crippen LogP contribution >= 0.6 is 47.5 Å². The van der Waals surface area contributed by atoms with Crippen molar-refractivity contribution >= 4 is 70.7 Å². The highest BCUT2D eigenvalue weighted by molar-refractivity contribution is 8.00. The third-order valence-corrected chi connectivity index (χ3v) is 10.6. The zero-order valence-corrected chi connectivity index (χ0v) is 31.0. The molecule has 6 rings (SSSR count). The summed E-state index contributed by atoms with van der Waals surface area (Å²) in [5.41, 5.74) is 4.34. The molecule has 0 unspecified atom stereocenters. The van der Waals surface area contributed by atoms with E-state index in [0.29, 0.717) is 39.6 Å². The monoisotopic (exact) mass is 754 g/mol. The lowest BCUT2D eigenvalue weighted by Crippen LogP contribution is -2.14. The van der Waals surface area contributed by atoms with Crippen molar-refractivity contribution in [2.45, 2.75) is 48.0 Å². The van der Waals surface area contributed by atoms with Gasteiger partial charge in [0.1, 0.15) is 4.64 Å². The van der Waals surface area contributed by atoms with Gasteiger partial charge in [0.15, 0.2) is 22.0 Å². The Morgan fingerprint density at radius 3 is 1.90 bits per heavy atom. The van der Waals surface area contributed by atoms with E-state index in [9.17, 15) is 9.59 Å². The van der Waals surface area contributed by atoms with Crippen LogP contribution in [0, 0.1) is 4.64 Å². The Morgan fingerprint density at radius 1 is 0.725 bits per heavy atom. The van der Waals surface area contributed by atoms with E-state index in [1.807, 2.05) is 102 Å². The molecule has 2 aromatic carbocycles. The van der Waals surface area contributed by atoms with Crippen molar-refractivity contribution in [2.75, 3.05) is 22.1 Å². The van der Waals surface area contributed by atoms with E-state index in [2.05, 4.69) is 41.0 Å². The first-order chi connectivity index (χ1) is 24.9. The van der Waals surface area contributed by atoms with Gasteiger partial charge >= 0.3 is 0 Å². The zero-order chi connectivity index (χ0) is 35.6. The van der Waals surface area contributed by atoms with Crippen LogP contribution in [0.5, 0.6) is 0 Å². The zero-order valence-electron chi connectivity index (χ0n) is 27.8. The Balaban J connectivity index is 1.000. The van der Waals surface area contributed by atoms with Crippen LogP contribution in [-0.2, 0) is 28.4 Å². The van der Waals surface area contributed by atoms with Crippen molar-refractivity contribution in [1.82, 2.24) is 39.5 Å². The fraction of sp³-hybridized carbons (Fsp3) is 0.200. The Bertz CT molecular complexity index is 2170. The lowest BCUT2D eigenvalue weighted by atomic mass is 10.2. The van der Waals surface area contributed by atoms with Crippen molar-refractivity contribution < 1.29 is 9.59 Å². The minimum Gasteiger partial charge on any atom is -0.353 e. The lowest BCUT2D eigenvalue weighted by Gasteiger charge is -2.09. The third kappa shape index (κ3) is 9.52. The van der Waals surface area contributed by atoms with Crippen molar-refractivity contribution in [3.8, 4) is 22.8 Å². The summed E-state index contributed by atoms with van der Waals surface area (Å²) in [6.07, 6.45) is 3.55. The van der Waals surface area contributed by atoms with Crippen LogP contribution in [0.1, 0.15) is 19.4 Å². The van der Waals surface area contributed by atoms with Crippen LogP contribution in [-0.4, -0.2) is 62.8 Å². The predicted molar refractivity (Wildman–Crippen MR) is 206 cm³/mol. The van der Waals surface area contributed by atoms with Crippen molar-refractivity contribution in [3.05, 3.63) is 101 Å². The van der Waals surface area contributed by atoms with Gasteiger partial charge in [0.25, 0.3) is 0 Å². The normalized spacial score (nSPS) is 11.0. The van der Waals surface area contributed by atoms with Gasteiger partial charge in [-0.25, -0.2) is 4.98 Å². The molecule has 2 amide bonds. The summed E-state index contributed by atoms with van der Waals surface area (Å²) in [5, 5.41) is 25.5. The van der Waals surface area contributed by atoms with Crippen molar-refractivity contribution in [2.24, 2.45) is 0 Å². The summed E-state index contributed by atoms with van der Waals surface area (Å²) in [7, 11) is 0. The second kappa shape index (κ2) is 17.4. The number of hydrogen-bond acceptors (Lipinski definition) is 11. The molecule has 0 saturated carbocycles. The number of benzene rings is 2. The molecule has 0 aliphatic heterocycles. The molecule has 0 radical (unpaired) electrons. The second-order valence-electron chi connectivity index (χ2n) is 11.0. The molecule has 0 saturated heterocycles. The number of thioether (sulfide) groups is 3. The number of carbonyl (C=O) groups is 2. The number of amides is 2. The van der Waals surface area contributed by atoms with Crippen LogP contribution in [0.25, 0.3) is 22.8 Å². The number of carbonyl (C=O) groups excluding carboxylic acids is 2. The SMILES string of the molecule is CCn1c(SCC(=O)Nc2ccccc2)nnc1-c1ccnc(SCc2ccc(NC(=O)CSc3nnc(-c4cc[nH]c(=S)c4)n3CC)cc2)c1. The summed E-state index contributed by atoms with van der Waals surface area (Å²) >= 11 is 9.55. The number of H-pyrrole nitrogens is 1. The Morgan fingerprint density at radius 2 is 1.31 bits per heavy atom. The number of rotatable bonds is 15. The van der Waals surface area contributed by atoms with Gasteiger partial charge in [-0.1, -0.05) is 66.1 Å². The smallest absolute Gasteiger partial charge is 0.234 e. The molecule has 0 aliphatic carbocycles. The van der Waals surface area contributed by atoms with E-state index in [1.54, 1.807) is 24.2 Å². The highest BCUT2D eigenvalue weighted by Crippen LogP contribution is 2.29. The lowest BCUT2D eigenvalue weighted by molar-refractivity contribution is -0.114. The van der Waals surface area contributed by atoms with Gasteiger partial charge < -0.3 is 24.8 Å². The maximum Gasteiger partial charge on any atom is 0.234 e. The van der Waals surface area contributed by atoms with Crippen LogP contribution in [0.4, 0.5) is 11.4 Å². The number of aromatic amines is 1. The number of nitrogens with one attached hydrogen (secondary N) is 3. The average molecular weight is 755 g/mol. The molecule has 0 spiro atoms. The number of nitrogens with zero attached hydrogens (tertiary/aromatic N) is 7. The van der Waals surface area contributed by atoms with Gasteiger partial charge in [-0.05, 0) is 67.9 Å². The minimum absolute atomic E-state index is 0.103. The summed E-state index contributed by atoms with van der Waals surface area (Å²) in [4.78, 5) is 32.8. The van der Waals surface area contributed by atoms with Gasteiger partial charge in [-0.15, -0.1) is 32.2 Å². The number of hydrogen-bond donors (Lipinski definition) is 3. The van der Waals surface area contributed by atoms with Crippen molar-refractivity contribution in [1.29, 1.82) is 0 Å². The summed E-state index contributed by atoms with van der Waals surface area (Å²) < 4.78 is 4.59. The minimum atomic E-state index is -0.130. The number of aromatic nitrogens is 8. The number of pyridine rings is 2. The molecule has 260 valence electrons. The molecule has 4 aromatic heterocycles. The maximum absolute atomic E-state index is 12.8. The molecule has 16 heteroatoms. The molecular formula is C35H34N10O2S4. The first-order valence-corrected chi connectivity index (χ1v) is 19.4. The van der Waals surface area contributed by atoms with Crippen LogP contribution in [0.2, 0.25) is 0 Å². The van der Waals surface area contributed by atoms with Crippen LogP contribution in [0.15, 0.2) is 107 Å².